The van der Waals surface area contributed by atoms with Crippen LogP contribution in [0.5, 0.6) is 0 Å². The average Bonchev–Trinajstić information content (AvgIpc) is 3.28. The minimum Gasteiger partial charge on any atom is -0.333 e. The van der Waals surface area contributed by atoms with E-state index in [0.29, 0.717) is 19.5 Å². The number of hydrogen-bond donors (Lipinski definition) is 1. The molecule has 132 valence electrons. The first kappa shape index (κ1) is 17.5. The van der Waals surface area contributed by atoms with Crippen LogP contribution in [0.15, 0.2) is 65.1 Å². The lowest BCUT2D eigenvalue weighted by atomic mass is 10.1. The molecule has 26 heavy (non-hydrogen) atoms. The molecule has 0 aliphatic carbocycles. The lowest BCUT2D eigenvalue weighted by molar-refractivity contribution is -0.133. The SMILES string of the molecule is NC(Cc1ccc(-c2ccccc2Br)s1)C(=O)N1Cc2ccccc2C1. The number of nitrogens with zero attached hydrogens (tertiary/aromatic N) is 1. The van der Waals surface area contributed by atoms with Crippen LogP contribution in [0.4, 0.5) is 0 Å². The number of hydrogen-bond acceptors (Lipinski definition) is 3. The van der Waals surface area contributed by atoms with Crippen molar-refractivity contribution in [2.24, 2.45) is 5.73 Å². The summed E-state index contributed by atoms with van der Waals surface area (Å²) in [5.41, 5.74) is 9.86. The Morgan fingerprint density at radius 3 is 2.38 bits per heavy atom. The molecule has 0 bridgehead atoms. The fourth-order valence-corrected chi connectivity index (χ4v) is 5.06. The summed E-state index contributed by atoms with van der Waals surface area (Å²) < 4.78 is 1.07. The third-order valence-corrected chi connectivity index (χ3v) is 6.52. The molecule has 1 aliphatic rings. The maximum Gasteiger partial charge on any atom is 0.240 e. The van der Waals surface area contributed by atoms with Gasteiger partial charge in [0.2, 0.25) is 5.91 Å². The molecule has 2 aromatic carbocycles. The lowest BCUT2D eigenvalue weighted by Crippen LogP contribution is -2.42. The van der Waals surface area contributed by atoms with E-state index < -0.39 is 6.04 Å². The van der Waals surface area contributed by atoms with Crippen molar-refractivity contribution in [1.29, 1.82) is 0 Å². The predicted molar refractivity (Wildman–Crippen MR) is 110 cm³/mol. The van der Waals surface area contributed by atoms with Gasteiger partial charge < -0.3 is 10.6 Å². The maximum absolute atomic E-state index is 12.7. The number of thiophene rings is 1. The van der Waals surface area contributed by atoms with Gasteiger partial charge in [-0.1, -0.05) is 58.4 Å². The highest BCUT2D eigenvalue weighted by Crippen LogP contribution is 2.34. The summed E-state index contributed by atoms with van der Waals surface area (Å²) in [6.07, 6.45) is 0.570. The molecule has 0 saturated heterocycles. The molecule has 1 aromatic heterocycles. The second-order valence-electron chi connectivity index (χ2n) is 6.52. The van der Waals surface area contributed by atoms with Crippen molar-refractivity contribution in [3.8, 4) is 10.4 Å². The highest BCUT2D eigenvalue weighted by Gasteiger charge is 2.27. The van der Waals surface area contributed by atoms with E-state index in [4.69, 9.17) is 5.73 Å². The Bertz CT molecular complexity index is 927. The molecule has 5 heteroatoms. The summed E-state index contributed by atoms with van der Waals surface area (Å²) >= 11 is 5.29. The van der Waals surface area contributed by atoms with Gasteiger partial charge in [0, 0.05) is 39.3 Å². The first-order valence-corrected chi connectivity index (χ1v) is 10.2. The Hall–Kier alpha value is -1.95. The van der Waals surface area contributed by atoms with Gasteiger partial charge >= 0.3 is 0 Å². The van der Waals surface area contributed by atoms with Gasteiger partial charge in [0.15, 0.2) is 0 Å². The van der Waals surface area contributed by atoms with Gasteiger partial charge in [0.05, 0.1) is 6.04 Å². The number of nitrogens with two attached hydrogens (primary N) is 1. The fraction of sp³-hybridized carbons (Fsp3) is 0.190. The van der Waals surface area contributed by atoms with Crippen molar-refractivity contribution in [2.45, 2.75) is 25.6 Å². The minimum absolute atomic E-state index is 0.0250. The zero-order valence-electron chi connectivity index (χ0n) is 14.2. The van der Waals surface area contributed by atoms with E-state index in [9.17, 15) is 4.79 Å². The molecule has 1 aliphatic heterocycles. The zero-order valence-corrected chi connectivity index (χ0v) is 16.6. The maximum atomic E-state index is 12.7. The number of fused-ring (bicyclic) bond motifs is 1. The van der Waals surface area contributed by atoms with E-state index in [1.165, 1.54) is 21.6 Å². The average molecular weight is 427 g/mol. The Morgan fingerprint density at radius 2 is 1.69 bits per heavy atom. The molecule has 0 spiro atoms. The molecular formula is C21H19BrN2OS. The van der Waals surface area contributed by atoms with Crippen LogP contribution in [-0.4, -0.2) is 16.8 Å². The van der Waals surface area contributed by atoms with Gasteiger partial charge in [-0.2, -0.15) is 0 Å². The summed E-state index contributed by atoms with van der Waals surface area (Å²) in [5.74, 6) is 0.0250. The van der Waals surface area contributed by atoms with Gasteiger partial charge in [-0.3, -0.25) is 4.79 Å². The van der Waals surface area contributed by atoms with E-state index in [1.54, 1.807) is 11.3 Å². The molecule has 3 aromatic rings. The lowest BCUT2D eigenvalue weighted by Gasteiger charge is -2.20. The molecule has 1 amide bonds. The van der Waals surface area contributed by atoms with E-state index in [0.717, 1.165) is 9.35 Å². The molecular weight excluding hydrogens is 408 g/mol. The van der Waals surface area contributed by atoms with E-state index >= 15 is 0 Å². The van der Waals surface area contributed by atoms with Crippen molar-refractivity contribution in [2.75, 3.05) is 0 Å². The quantitative estimate of drug-likeness (QED) is 0.662. The van der Waals surface area contributed by atoms with Crippen LogP contribution >= 0.6 is 27.3 Å². The molecule has 2 heterocycles. The Morgan fingerprint density at radius 1 is 1.04 bits per heavy atom. The van der Waals surface area contributed by atoms with Crippen molar-refractivity contribution in [1.82, 2.24) is 4.90 Å². The van der Waals surface area contributed by atoms with Crippen molar-refractivity contribution < 1.29 is 4.79 Å². The smallest absolute Gasteiger partial charge is 0.240 e. The first-order chi connectivity index (χ1) is 12.6. The number of benzene rings is 2. The van der Waals surface area contributed by atoms with Gasteiger partial charge in [-0.15, -0.1) is 11.3 Å². The van der Waals surface area contributed by atoms with Crippen molar-refractivity contribution >= 4 is 33.2 Å². The Kier molecular flexibility index (Phi) is 4.94. The normalized spacial score (nSPS) is 14.3. The number of carbonyl (C=O) groups excluding carboxylic acids is 1. The third-order valence-electron chi connectivity index (χ3n) is 4.69. The number of halogens is 1. The second-order valence-corrected chi connectivity index (χ2v) is 8.54. The van der Waals surface area contributed by atoms with Gasteiger partial charge in [0.25, 0.3) is 0 Å². The summed E-state index contributed by atoms with van der Waals surface area (Å²) in [7, 11) is 0. The number of amides is 1. The van der Waals surface area contributed by atoms with Crippen molar-refractivity contribution in [3.05, 3.63) is 81.1 Å². The highest BCUT2D eigenvalue weighted by molar-refractivity contribution is 9.10. The predicted octanol–water partition coefficient (Wildman–Crippen LogP) is 4.59. The monoisotopic (exact) mass is 426 g/mol. The van der Waals surface area contributed by atoms with Crippen LogP contribution in [0.1, 0.15) is 16.0 Å². The summed E-state index contributed by atoms with van der Waals surface area (Å²) in [6.45, 7) is 1.32. The molecule has 1 unspecified atom stereocenters. The van der Waals surface area contributed by atoms with Crippen LogP contribution < -0.4 is 5.73 Å². The highest BCUT2D eigenvalue weighted by atomic mass is 79.9. The topological polar surface area (TPSA) is 46.3 Å². The number of rotatable bonds is 4. The number of carbonyl (C=O) groups is 1. The van der Waals surface area contributed by atoms with E-state index in [1.807, 2.05) is 35.2 Å². The van der Waals surface area contributed by atoms with Crippen LogP contribution in [0, 0.1) is 0 Å². The van der Waals surface area contributed by atoms with Gasteiger partial charge in [0.1, 0.15) is 0 Å². The summed E-state index contributed by atoms with van der Waals surface area (Å²) in [6, 6.07) is 20.0. The van der Waals surface area contributed by atoms with Crippen LogP contribution in [0.2, 0.25) is 0 Å². The molecule has 0 saturated carbocycles. The Balaban J connectivity index is 1.43. The summed E-state index contributed by atoms with van der Waals surface area (Å²) in [5, 5.41) is 0. The molecule has 2 N–H and O–H groups in total. The zero-order chi connectivity index (χ0) is 18.1. The molecule has 0 fully saturated rings. The van der Waals surface area contributed by atoms with Crippen LogP contribution in [0.25, 0.3) is 10.4 Å². The fourth-order valence-electron chi connectivity index (χ4n) is 3.32. The summed E-state index contributed by atoms with van der Waals surface area (Å²) in [4.78, 5) is 16.9. The van der Waals surface area contributed by atoms with Gasteiger partial charge in [-0.05, 0) is 29.3 Å². The van der Waals surface area contributed by atoms with Crippen molar-refractivity contribution in [3.63, 3.8) is 0 Å². The van der Waals surface area contributed by atoms with Crippen LogP contribution in [0.3, 0.4) is 0 Å². The molecule has 4 rings (SSSR count). The first-order valence-electron chi connectivity index (χ1n) is 8.56. The standard InChI is InChI=1S/C21H19BrN2OS/c22-18-8-4-3-7-17(18)20-10-9-16(26-20)11-19(23)21(25)24-12-14-5-1-2-6-15(14)13-24/h1-10,19H,11-13,23H2. The van der Waals surface area contributed by atoms with Gasteiger partial charge in [-0.25, -0.2) is 0 Å². The second kappa shape index (κ2) is 7.35. The Labute approximate surface area is 165 Å². The third kappa shape index (κ3) is 3.47. The minimum atomic E-state index is -0.505. The van der Waals surface area contributed by atoms with E-state index in [2.05, 4.69) is 46.3 Å². The van der Waals surface area contributed by atoms with Crippen LogP contribution in [-0.2, 0) is 24.3 Å². The molecule has 3 nitrogen and oxygen atoms in total. The molecule has 1 atom stereocenters. The molecule has 0 radical (unpaired) electrons. The largest absolute Gasteiger partial charge is 0.333 e. The van der Waals surface area contributed by atoms with E-state index in [-0.39, 0.29) is 5.91 Å².